The summed E-state index contributed by atoms with van der Waals surface area (Å²) < 4.78 is 36.5. The van der Waals surface area contributed by atoms with Crippen molar-refractivity contribution in [3.63, 3.8) is 0 Å². The summed E-state index contributed by atoms with van der Waals surface area (Å²) in [5, 5.41) is 5.02. The maximum atomic E-state index is 13.9. The van der Waals surface area contributed by atoms with Crippen molar-refractivity contribution >= 4 is 15.9 Å². The van der Waals surface area contributed by atoms with E-state index in [1.54, 1.807) is 4.90 Å². The molecule has 1 fully saturated rings. The van der Waals surface area contributed by atoms with Crippen molar-refractivity contribution in [2.45, 2.75) is 31.1 Å². The van der Waals surface area contributed by atoms with E-state index in [1.807, 2.05) is 0 Å². The molecule has 1 atom stereocenters. The molecule has 0 aromatic heterocycles. The highest BCUT2D eigenvalue weighted by molar-refractivity contribution is 7.89. The minimum Gasteiger partial charge on any atom is -0.339 e. The lowest BCUT2D eigenvalue weighted by Crippen LogP contribution is -2.32. The average molecular weight is 314 g/mol. The first-order valence-electron chi connectivity index (χ1n) is 6.90. The molecule has 1 amide bonds. The predicted molar refractivity (Wildman–Crippen MR) is 76.7 cm³/mol. The van der Waals surface area contributed by atoms with E-state index < -0.39 is 21.7 Å². The fraction of sp³-hybridized carbons (Fsp3) is 0.500. The normalized spacial score (nSPS) is 20.1. The highest BCUT2D eigenvalue weighted by atomic mass is 32.2. The topological polar surface area (TPSA) is 80.5 Å². The van der Waals surface area contributed by atoms with Gasteiger partial charge in [-0.2, -0.15) is 0 Å². The molecule has 21 heavy (non-hydrogen) atoms. The first-order chi connectivity index (χ1) is 9.79. The Balaban J connectivity index is 2.30. The zero-order chi connectivity index (χ0) is 15.6. The van der Waals surface area contributed by atoms with Gasteiger partial charge in [0.1, 0.15) is 5.82 Å². The molecule has 0 bridgehead atoms. The molecule has 1 aliphatic rings. The summed E-state index contributed by atoms with van der Waals surface area (Å²) in [7, 11) is -3.96. The maximum absolute atomic E-state index is 13.9. The van der Waals surface area contributed by atoms with Crippen LogP contribution in [0.15, 0.2) is 23.1 Å². The van der Waals surface area contributed by atoms with Crippen molar-refractivity contribution in [2.75, 3.05) is 13.1 Å². The minimum absolute atomic E-state index is 0.240. The van der Waals surface area contributed by atoms with Gasteiger partial charge in [0.25, 0.3) is 5.91 Å². The smallest absolute Gasteiger partial charge is 0.256 e. The number of rotatable bonds is 2. The second-order valence-corrected chi connectivity index (χ2v) is 7.08. The summed E-state index contributed by atoms with van der Waals surface area (Å²) in [4.78, 5) is 13.7. The molecule has 1 heterocycles. The van der Waals surface area contributed by atoms with Crippen LogP contribution < -0.4 is 5.14 Å². The number of halogens is 1. The third-order valence-corrected chi connectivity index (χ3v) is 4.71. The fourth-order valence-corrected chi connectivity index (χ4v) is 3.02. The largest absolute Gasteiger partial charge is 0.339 e. The lowest BCUT2D eigenvalue weighted by Gasteiger charge is -2.21. The zero-order valence-corrected chi connectivity index (χ0v) is 12.7. The quantitative estimate of drug-likeness (QED) is 0.903. The van der Waals surface area contributed by atoms with Crippen molar-refractivity contribution in [1.29, 1.82) is 0 Å². The van der Waals surface area contributed by atoms with Gasteiger partial charge in [0.2, 0.25) is 10.0 Å². The summed E-state index contributed by atoms with van der Waals surface area (Å²) >= 11 is 0. The molecule has 1 saturated heterocycles. The fourth-order valence-electron chi connectivity index (χ4n) is 2.48. The van der Waals surface area contributed by atoms with E-state index in [2.05, 4.69) is 6.92 Å². The Morgan fingerprint density at radius 1 is 1.33 bits per heavy atom. The van der Waals surface area contributed by atoms with Crippen LogP contribution in [0.4, 0.5) is 4.39 Å². The van der Waals surface area contributed by atoms with Gasteiger partial charge in [-0.3, -0.25) is 4.79 Å². The highest BCUT2D eigenvalue weighted by Crippen LogP contribution is 2.20. The van der Waals surface area contributed by atoms with Crippen molar-refractivity contribution in [2.24, 2.45) is 11.1 Å². The second-order valence-electron chi connectivity index (χ2n) is 5.51. The lowest BCUT2D eigenvalue weighted by molar-refractivity contribution is 0.0755. The first-order valence-corrected chi connectivity index (χ1v) is 8.45. The van der Waals surface area contributed by atoms with E-state index in [9.17, 15) is 17.6 Å². The number of nitrogens with two attached hydrogens (primary N) is 1. The lowest BCUT2D eigenvalue weighted by atomic mass is 10.0. The van der Waals surface area contributed by atoms with Gasteiger partial charge in [0.05, 0.1) is 10.5 Å². The molecule has 1 unspecified atom stereocenters. The standard InChI is InChI=1S/C14H19FN2O3S/c1-10-3-2-7-17(8-6-10)14(18)12-9-11(21(16,19)20)4-5-13(12)15/h4-5,9-10H,2-3,6-8H2,1H3,(H2,16,19,20). The van der Waals surface area contributed by atoms with E-state index in [0.717, 1.165) is 37.5 Å². The van der Waals surface area contributed by atoms with Gasteiger partial charge in [0, 0.05) is 13.1 Å². The molecule has 5 nitrogen and oxygen atoms in total. The Morgan fingerprint density at radius 3 is 2.71 bits per heavy atom. The second kappa shape index (κ2) is 6.11. The molecule has 1 aliphatic heterocycles. The van der Waals surface area contributed by atoms with Crippen LogP contribution in [0.3, 0.4) is 0 Å². The summed E-state index contributed by atoms with van der Waals surface area (Å²) in [5.74, 6) is -0.680. The van der Waals surface area contributed by atoms with Crippen molar-refractivity contribution < 1.29 is 17.6 Å². The SMILES string of the molecule is CC1CCCN(C(=O)c2cc(S(N)(=O)=O)ccc2F)CC1. The van der Waals surface area contributed by atoms with Gasteiger partial charge in [-0.25, -0.2) is 17.9 Å². The molecule has 0 radical (unpaired) electrons. The Kier molecular flexibility index (Phi) is 4.63. The van der Waals surface area contributed by atoms with Crippen LogP contribution in [0.5, 0.6) is 0 Å². The van der Waals surface area contributed by atoms with E-state index in [4.69, 9.17) is 5.14 Å². The van der Waals surface area contributed by atoms with E-state index >= 15 is 0 Å². The van der Waals surface area contributed by atoms with E-state index in [0.29, 0.717) is 19.0 Å². The average Bonchev–Trinajstić information content (AvgIpc) is 2.62. The molecule has 116 valence electrons. The summed E-state index contributed by atoms with van der Waals surface area (Å²) in [6.07, 6.45) is 2.76. The number of primary sulfonamides is 1. The Morgan fingerprint density at radius 2 is 2.05 bits per heavy atom. The van der Waals surface area contributed by atoms with E-state index in [1.165, 1.54) is 0 Å². The van der Waals surface area contributed by atoms with Gasteiger partial charge in [-0.05, 0) is 43.4 Å². The number of nitrogens with zero attached hydrogens (tertiary/aromatic N) is 1. The highest BCUT2D eigenvalue weighted by Gasteiger charge is 2.23. The Bertz CT molecular complexity index is 646. The number of carbonyl (C=O) groups is 1. The van der Waals surface area contributed by atoms with Gasteiger partial charge in [0.15, 0.2) is 0 Å². The molecular formula is C14H19FN2O3S. The maximum Gasteiger partial charge on any atom is 0.256 e. The Hall–Kier alpha value is -1.47. The van der Waals surface area contributed by atoms with Crippen LogP contribution in [-0.4, -0.2) is 32.3 Å². The van der Waals surface area contributed by atoms with Crippen LogP contribution in [0, 0.1) is 11.7 Å². The van der Waals surface area contributed by atoms with Crippen LogP contribution >= 0.6 is 0 Å². The molecule has 7 heteroatoms. The van der Waals surface area contributed by atoms with Gasteiger partial charge in [-0.15, -0.1) is 0 Å². The van der Waals surface area contributed by atoms with Crippen molar-refractivity contribution in [1.82, 2.24) is 4.90 Å². The van der Waals surface area contributed by atoms with E-state index in [-0.39, 0.29) is 10.5 Å². The van der Waals surface area contributed by atoms with Crippen LogP contribution in [0.2, 0.25) is 0 Å². The predicted octanol–water partition coefficient (Wildman–Crippen LogP) is 1.74. The number of hydrogen-bond donors (Lipinski definition) is 1. The number of likely N-dealkylation sites (tertiary alicyclic amines) is 1. The number of sulfonamides is 1. The van der Waals surface area contributed by atoms with Crippen molar-refractivity contribution in [3.8, 4) is 0 Å². The van der Waals surface area contributed by atoms with Crippen LogP contribution in [0.25, 0.3) is 0 Å². The van der Waals surface area contributed by atoms with Gasteiger partial charge < -0.3 is 4.90 Å². The molecule has 2 N–H and O–H groups in total. The molecule has 2 rings (SSSR count). The summed E-state index contributed by atoms with van der Waals surface area (Å²) in [5.41, 5.74) is -0.240. The molecule has 0 spiro atoms. The minimum atomic E-state index is -3.96. The summed E-state index contributed by atoms with van der Waals surface area (Å²) in [6.45, 7) is 3.23. The monoisotopic (exact) mass is 314 g/mol. The van der Waals surface area contributed by atoms with Gasteiger partial charge >= 0.3 is 0 Å². The molecular weight excluding hydrogens is 295 g/mol. The third-order valence-electron chi connectivity index (χ3n) is 3.80. The number of amides is 1. The first kappa shape index (κ1) is 15.9. The van der Waals surface area contributed by atoms with Crippen molar-refractivity contribution in [3.05, 3.63) is 29.6 Å². The molecule has 1 aromatic rings. The van der Waals surface area contributed by atoms with Crippen LogP contribution in [-0.2, 0) is 10.0 Å². The Labute approximate surface area is 124 Å². The van der Waals surface area contributed by atoms with Crippen LogP contribution in [0.1, 0.15) is 36.5 Å². The zero-order valence-electron chi connectivity index (χ0n) is 11.9. The number of carbonyl (C=O) groups excluding carboxylic acids is 1. The third kappa shape index (κ3) is 3.79. The summed E-state index contributed by atoms with van der Waals surface area (Å²) in [6, 6.07) is 3.04. The number of hydrogen-bond acceptors (Lipinski definition) is 3. The molecule has 1 aromatic carbocycles. The molecule has 0 aliphatic carbocycles. The number of benzene rings is 1. The van der Waals surface area contributed by atoms with Gasteiger partial charge in [-0.1, -0.05) is 6.92 Å². The molecule has 0 saturated carbocycles.